The SMILES string of the molecule is Cc1cccc(Nc2ccc(C(=O)O)cc2Cl)c1[N+](=O)[O-]. The molecule has 21 heavy (non-hydrogen) atoms. The van der Waals surface area contributed by atoms with Crippen LogP contribution in [0.4, 0.5) is 17.1 Å². The van der Waals surface area contributed by atoms with Crippen LogP contribution in [0.15, 0.2) is 36.4 Å². The summed E-state index contributed by atoms with van der Waals surface area (Å²) in [6.07, 6.45) is 0. The minimum Gasteiger partial charge on any atom is -0.478 e. The first kappa shape index (κ1) is 14.8. The fourth-order valence-electron chi connectivity index (χ4n) is 1.90. The van der Waals surface area contributed by atoms with Crippen LogP contribution in [-0.4, -0.2) is 16.0 Å². The van der Waals surface area contributed by atoms with Gasteiger partial charge in [0.1, 0.15) is 5.69 Å². The maximum absolute atomic E-state index is 11.1. The van der Waals surface area contributed by atoms with E-state index in [4.69, 9.17) is 16.7 Å². The predicted molar refractivity (Wildman–Crippen MR) is 79.5 cm³/mol. The van der Waals surface area contributed by atoms with Crippen molar-refractivity contribution in [3.63, 3.8) is 0 Å². The van der Waals surface area contributed by atoms with Gasteiger partial charge in [0.15, 0.2) is 0 Å². The van der Waals surface area contributed by atoms with E-state index in [1.54, 1.807) is 25.1 Å². The monoisotopic (exact) mass is 306 g/mol. The summed E-state index contributed by atoms with van der Waals surface area (Å²) in [6.45, 7) is 1.64. The molecule has 6 nitrogen and oxygen atoms in total. The average molecular weight is 307 g/mol. The number of halogens is 1. The summed E-state index contributed by atoms with van der Waals surface area (Å²) in [7, 11) is 0. The molecular formula is C14H11ClN2O4. The number of para-hydroxylation sites is 1. The van der Waals surface area contributed by atoms with Crippen LogP contribution in [0.1, 0.15) is 15.9 Å². The highest BCUT2D eigenvalue weighted by atomic mass is 35.5. The zero-order valence-corrected chi connectivity index (χ0v) is 11.7. The Morgan fingerprint density at radius 1 is 1.29 bits per heavy atom. The van der Waals surface area contributed by atoms with Gasteiger partial charge in [-0.15, -0.1) is 0 Å². The van der Waals surface area contributed by atoms with E-state index in [0.29, 0.717) is 16.9 Å². The van der Waals surface area contributed by atoms with Gasteiger partial charge in [0, 0.05) is 5.56 Å². The third kappa shape index (κ3) is 3.11. The lowest BCUT2D eigenvalue weighted by Gasteiger charge is -2.10. The second-order valence-corrected chi connectivity index (χ2v) is 4.76. The predicted octanol–water partition coefficient (Wildman–Crippen LogP) is 4.00. The van der Waals surface area contributed by atoms with Crippen LogP contribution in [0.2, 0.25) is 5.02 Å². The largest absolute Gasteiger partial charge is 0.478 e. The van der Waals surface area contributed by atoms with Crippen molar-refractivity contribution in [2.75, 3.05) is 5.32 Å². The Morgan fingerprint density at radius 2 is 2.00 bits per heavy atom. The number of nitro groups is 1. The molecular weight excluding hydrogens is 296 g/mol. The van der Waals surface area contributed by atoms with Crippen molar-refractivity contribution >= 4 is 34.6 Å². The van der Waals surface area contributed by atoms with E-state index >= 15 is 0 Å². The van der Waals surface area contributed by atoms with E-state index in [-0.39, 0.29) is 16.3 Å². The smallest absolute Gasteiger partial charge is 0.335 e. The van der Waals surface area contributed by atoms with Gasteiger partial charge in [-0.2, -0.15) is 0 Å². The van der Waals surface area contributed by atoms with Crippen LogP contribution in [0.3, 0.4) is 0 Å². The maximum Gasteiger partial charge on any atom is 0.335 e. The molecule has 2 aromatic carbocycles. The van der Waals surface area contributed by atoms with Gasteiger partial charge in [-0.05, 0) is 31.2 Å². The molecule has 0 amide bonds. The van der Waals surface area contributed by atoms with Crippen LogP contribution in [0.25, 0.3) is 0 Å². The third-order valence-corrected chi connectivity index (χ3v) is 3.22. The number of aromatic carboxylic acids is 1. The first-order valence-corrected chi connectivity index (χ1v) is 6.32. The standard InChI is InChI=1S/C14H11ClN2O4/c1-8-3-2-4-12(13(8)17(20)21)16-11-6-5-9(14(18)19)7-10(11)15/h2-7,16H,1H3,(H,18,19). The molecule has 0 aliphatic carbocycles. The number of aryl methyl sites for hydroxylation is 1. The summed E-state index contributed by atoms with van der Waals surface area (Å²) in [5, 5.41) is 23.0. The fraction of sp³-hybridized carbons (Fsp3) is 0.0714. The Bertz CT molecular complexity index is 731. The number of hydrogen-bond acceptors (Lipinski definition) is 4. The molecule has 0 fully saturated rings. The Hall–Kier alpha value is -2.60. The van der Waals surface area contributed by atoms with Gasteiger partial charge in [0.25, 0.3) is 5.69 Å². The second kappa shape index (κ2) is 5.80. The number of nitrogens with zero attached hydrogens (tertiary/aromatic N) is 1. The van der Waals surface area contributed by atoms with Crippen LogP contribution in [0.5, 0.6) is 0 Å². The number of hydrogen-bond donors (Lipinski definition) is 2. The van der Waals surface area contributed by atoms with E-state index < -0.39 is 10.9 Å². The molecule has 7 heteroatoms. The molecule has 0 radical (unpaired) electrons. The van der Waals surface area contributed by atoms with Gasteiger partial charge in [-0.3, -0.25) is 10.1 Å². The molecule has 0 saturated heterocycles. The summed E-state index contributed by atoms with van der Waals surface area (Å²) in [6, 6.07) is 9.01. The first-order valence-electron chi connectivity index (χ1n) is 5.94. The number of carboxylic acids is 1. The molecule has 2 rings (SSSR count). The molecule has 2 aromatic rings. The van der Waals surface area contributed by atoms with Crippen molar-refractivity contribution in [1.29, 1.82) is 0 Å². The molecule has 0 bridgehead atoms. The summed E-state index contributed by atoms with van der Waals surface area (Å²) >= 11 is 6.00. The van der Waals surface area contributed by atoms with Gasteiger partial charge in [-0.25, -0.2) is 4.79 Å². The molecule has 0 unspecified atom stereocenters. The molecule has 0 aromatic heterocycles. The quantitative estimate of drug-likeness (QED) is 0.658. The minimum atomic E-state index is -1.09. The van der Waals surface area contributed by atoms with Crippen LogP contribution in [0, 0.1) is 17.0 Å². The number of carboxylic acid groups (broad SMARTS) is 1. The second-order valence-electron chi connectivity index (χ2n) is 4.35. The van der Waals surface area contributed by atoms with Crippen molar-refractivity contribution in [2.45, 2.75) is 6.92 Å². The van der Waals surface area contributed by atoms with Crippen molar-refractivity contribution in [1.82, 2.24) is 0 Å². The van der Waals surface area contributed by atoms with Gasteiger partial charge in [0.2, 0.25) is 0 Å². The molecule has 0 aliphatic rings. The lowest BCUT2D eigenvalue weighted by Crippen LogP contribution is -2.01. The van der Waals surface area contributed by atoms with E-state index in [0.717, 1.165) is 0 Å². The minimum absolute atomic E-state index is 0.0455. The van der Waals surface area contributed by atoms with Crippen molar-refractivity contribution in [3.8, 4) is 0 Å². The number of anilines is 2. The number of rotatable bonds is 4. The summed E-state index contributed by atoms with van der Waals surface area (Å²) in [4.78, 5) is 21.5. The van der Waals surface area contributed by atoms with Gasteiger partial charge in [0.05, 0.1) is 21.2 Å². The molecule has 2 N–H and O–H groups in total. The average Bonchev–Trinajstić information content (AvgIpc) is 2.40. The van der Waals surface area contributed by atoms with Crippen molar-refractivity contribution in [2.24, 2.45) is 0 Å². The zero-order chi connectivity index (χ0) is 15.6. The molecule has 108 valence electrons. The lowest BCUT2D eigenvalue weighted by atomic mass is 10.1. The van der Waals surface area contributed by atoms with Gasteiger partial charge >= 0.3 is 5.97 Å². The number of nitro benzene ring substituents is 1. The van der Waals surface area contributed by atoms with Crippen LogP contribution < -0.4 is 5.32 Å². The molecule has 0 saturated carbocycles. The van der Waals surface area contributed by atoms with Crippen molar-refractivity contribution < 1.29 is 14.8 Å². The molecule has 0 aliphatic heterocycles. The van der Waals surface area contributed by atoms with Crippen LogP contribution >= 0.6 is 11.6 Å². The molecule has 0 atom stereocenters. The number of carbonyl (C=O) groups is 1. The number of benzene rings is 2. The highest BCUT2D eigenvalue weighted by Crippen LogP contribution is 2.33. The Balaban J connectivity index is 2.42. The summed E-state index contributed by atoms with van der Waals surface area (Å²) in [5.74, 6) is -1.09. The third-order valence-electron chi connectivity index (χ3n) is 2.91. The fourth-order valence-corrected chi connectivity index (χ4v) is 2.12. The van der Waals surface area contributed by atoms with Crippen molar-refractivity contribution in [3.05, 3.63) is 62.7 Å². The molecule has 0 heterocycles. The first-order chi connectivity index (χ1) is 9.90. The number of nitrogens with one attached hydrogen (secondary N) is 1. The van der Waals surface area contributed by atoms with Gasteiger partial charge in [-0.1, -0.05) is 23.7 Å². The summed E-state index contributed by atoms with van der Waals surface area (Å²) < 4.78 is 0. The van der Waals surface area contributed by atoms with E-state index in [1.165, 1.54) is 18.2 Å². The Morgan fingerprint density at radius 3 is 2.57 bits per heavy atom. The highest BCUT2D eigenvalue weighted by Gasteiger charge is 2.17. The normalized spacial score (nSPS) is 10.2. The maximum atomic E-state index is 11.1. The van der Waals surface area contributed by atoms with Crippen LogP contribution in [-0.2, 0) is 0 Å². The summed E-state index contributed by atoms with van der Waals surface area (Å²) in [5.41, 5.74) is 1.21. The highest BCUT2D eigenvalue weighted by molar-refractivity contribution is 6.33. The van der Waals surface area contributed by atoms with E-state index in [1.807, 2.05) is 0 Å². The molecule has 0 spiro atoms. The van der Waals surface area contributed by atoms with Gasteiger partial charge < -0.3 is 10.4 Å². The Labute approximate surface area is 125 Å². The van der Waals surface area contributed by atoms with E-state index in [2.05, 4.69) is 5.32 Å². The zero-order valence-electron chi connectivity index (χ0n) is 11.0. The van der Waals surface area contributed by atoms with E-state index in [9.17, 15) is 14.9 Å². The topological polar surface area (TPSA) is 92.5 Å². The lowest BCUT2D eigenvalue weighted by molar-refractivity contribution is -0.384. The Kier molecular flexibility index (Phi) is 4.09.